The zero-order valence-corrected chi connectivity index (χ0v) is 12.5. The number of hydrogen-bond acceptors (Lipinski definition) is 4. The van der Waals surface area contributed by atoms with Crippen molar-refractivity contribution in [3.63, 3.8) is 0 Å². The molecule has 0 saturated carbocycles. The van der Waals surface area contributed by atoms with Gasteiger partial charge in [0.2, 0.25) is 0 Å². The molecule has 112 valence electrons. The van der Waals surface area contributed by atoms with Crippen molar-refractivity contribution >= 4 is 22.1 Å². The minimum absolute atomic E-state index is 0.914. The molecule has 0 aliphatic rings. The largest absolute Gasteiger partial charge is 0.197 e. The number of H-pyrrole nitrogens is 2. The third kappa shape index (κ3) is 3.28. The van der Waals surface area contributed by atoms with Crippen LogP contribution in [-0.2, 0) is 6.42 Å². The van der Waals surface area contributed by atoms with Crippen molar-refractivity contribution in [2.45, 2.75) is 26.2 Å². The van der Waals surface area contributed by atoms with Gasteiger partial charge in [-0.2, -0.15) is 30.8 Å². The Morgan fingerprint density at radius 3 is 2.00 bits per heavy atom. The Morgan fingerprint density at radius 2 is 1.36 bits per heavy atom. The number of para-hydroxylation sites is 2. The lowest BCUT2D eigenvalue weighted by Gasteiger charge is -1.97. The first-order chi connectivity index (χ1) is 10.9. The normalized spacial score (nSPS) is 10.6. The van der Waals surface area contributed by atoms with E-state index in [0.717, 1.165) is 28.5 Å². The van der Waals surface area contributed by atoms with Gasteiger partial charge in [0.15, 0.2) is 0 Å². The Balaban J connectivity index is 0.000000139. The standard InChI is InChI=1S/C10H13N3.C6H5N3/c1-2-3-4-8-5-6-9-10(7-8)12-13-11-9;1-2-4-6-5(3-1)7-9-8-6/h5-7H,2-4H2,1H3,(H,11,12,13);1-4H,(H,7,8,9). The molecular formula is C16H18N6. The number of aromatic nitrogens is 6. The molecule has 2 aromatic heterocycles. The van der Waals surface area contributed by atoms with E-state index in [9.17, 15) is 0 Å². The third-order valence-electron chi connectivity index (χ3n) is 3.42. The molecule has 2 aromatic carbocycles. The molecule has 0 atom stereocenters. The lowest BCUT2D eigenvalue weighted by molar-refractivity contribution is 0.796. The van der Waals surface area contributed by atoms with E-state index >= 15 is 0 Å². The van der Waals surface area contributed by atoms with E-state index in [1.165, 1.54) is 18.4 Å². The summed E-state index contributed by atoms with van der Waals surface area (Å²) in [5, 5.41) is 21.0. The topological polar surface area (TPSA) is 83.1 Å². The van der Waals surface area contributed by atoms with Gasteiger partial charge in [-0.1, -0.05) is 31.5 Å². The molecule has 0 aliphatic heterocycles. The molecule has 0 aliphatic carbocycles. The van der Waals surface area contributed by atoms with Gasteiger partial charge >= 0.3 is 0 Å². The summed E-state index contributed by atoms with van der Waals surface area (Å²) >= 11 is 0. The number of fused-ring (bicyclic) bond motifs is 2. The second kappa shape index (κ2) is 6.80. The smallest absolute Gasteiger partial charge is 0.113 e. The highest BCUT2D eigenvalue weighted by atomic mass is 15.3. The second-order valence-corrected chi connectivity index (χ2v) is 5.06. The van der Waals surface area contributed by atoms with Crippen molar-refractivity contribution in [3.05, 3.63) is 48.0 Å². The van der Waals surface area contributed by atoms with Crippen LogP contribution in [0, 0.1) is 0 Å². The van der Waals surface area contributed by atoms with Crippen molar-refractivity contribution in [2.75, 3.05) is 0 Å². The molecular weight excluding hydrogens is 276 g/mol. The van der Waals surface area contributed by atoms with Crippen molar-refractivity contribution in [2.24, 2.45) is 0 Å². The average Bonchev–Trinajstić information content (AvgIpc) is 3.21. The monoisotopic (exact) mass is 294 g/mol. The minimum Gasteiger partial charge on any atom is -0.197 e. The molecule has 6 heteroatoms. The van der Waals surface area contributed by atoms with E-state index in [1.807, 2.05) is 30.3 Å². The van der Waals surface area contributed by atoms with Gasteiger partial charge in [0.05, 0.1) is 0 Å². The first kappa shape index (κ1) is 14.2. The Bertz CT molecular complexity index is 817. The first-order valence-electron chi connectivity index (χ1n) is 7.41. The number of rotatable bonds is 3. The van der Waals surface area contributed by atoms with E-state index in [4.69, 9.17) is 0 Å². The molecule has 0 bridgehead atoms. The third-order valence-corrected chi connectivity index (χ3v) is 3.42. The zero-order chi connectivity index (χ0) is 15.2. The van der Waals surface area contributed by atoms with Crippen LogP contribution in [0.25, 0.3) is 22.1 Å². The maximum atomic E-state index is 4.05. The second-order valence-electron chi connectivity index (χ2n) is 5.06. The molecule has 4 aromatic rings. The van der Waals surface area contributed by atoms with E-state index in [2.05, 4.69) is 49.9 Å². The summed E-state index contributed by atoms with van der Waals surface area (Å²) in [6, 6.07) is 14.0. The van der Waals surface area contributed by atoms with E-state index in [1.54, 1.807) is 0 Å². The van der Waals surface area contributed by atoms with Crippen LogP contribution in [0.5, 0.6) is 0 Å². The highest BCUT2D eigenvalue weighted by molar-refractivity contribution is 5.74. The number of nitrogens with zero attached hydrogens (tertiary/aromatic N) is 4. The summed E-state index contributed by atoms with van der Waals surface area (Å²) in [6.45, 7) is 2.20. The van der Waals surface area contributed by atoms with Crippen molar-refractivity contribution < 1.29 is 0 Å². The highest BCUT2D eigenvalue weighted by Crippen LogP contribution is 2.12. The molecule has 2 N–H and O–H groups in total. The molecule has 0 fully saturated rings. The number of benzene rings is 2. The van der Waals surface area contributed by atoms with Gasteiger partial charge in [0.25, 0.3) is 0 Å². The van der Waals surface area contributed by atoms with E-state index in [0.29, 0.717) is 0 Å². The number of unbranched alkanes of at least 4 members (excludes halogenated alkanes) is 1. The highest BCUT2D eigenvalue weighted by Gasteiger charge is 1.98. The molecule has 0 saturated heterocycles. The van der Waals surface area contributed by atoms with Gasteiger partial charge in [-0.05, 0) is 42.7 Å². The van der Waals surface area contributed by atoms with Crippen LogP contribution in [0.3, 0.4) is 0 Å². The predicted molar refractivity (Wildman–Crippen MR) is 86.4 cm³/mol. The summed E-state index contributed by atoms with van der Waals surface area (Å²) in [7, 11) is 0. The maximum Gasteiger partial charge on any atom is 0.113 e. The fourth-order valence-electron chi connectivity index (χ4n) is 2.21. The lowest BCUT2D eigenvalue weighted by Crippen LogP contribution is -1.83. The molecule has 0 spiro atoms. The Hall–Kier alpha value is -2.76. The van der Waals surface area contributed by atoms with E-state index in [-0.39, 0.29) is 0 Å². The number of hydrogen-bond donors (Lipinski definition) is 2. The van der Waals surface area contributed by atoms with Crippen LogP contribution in [0.1, 0.15) is 25.3 Å². The van der Waals surface area contributed by atoms with E-state index < -0.39 is 0 Å². The molecule has 6 nitrogen and oxygen atoms in total. The maximum absolute atomic E-state index is 4.05. The van der Waals surface area contributed by atoms with Gasteiger partial charge in [-0.3, -0.25) is 0 Å². The van der Waals surface area contributed by atoms with Crippen LogP contribution < -0.4 is 0 Å². The van der Waals surface area contributed by atoms with Crippen molar-refractivity contribution in [1.82, 2.24) is 30.8 Å². The number of aryl methyl sites for hydroxylation is 1. The van der Waals surface area contributed by atoms with Gasteiger partial charge in [-0.25, -0.2) is 0 Å². The van der Waals surface area contributed by atoms with Crippen LogP contribution in [0.15, 0.2) is 42.5 Å². The molecule has 0 amide bonds. The predicted octanol–water partition coefficient (Wildman–Crippen LogP) is 3.26. The summed E-state index contributed by atoms with van der Waals surface area (Å²) in [5.74, 6) is 0. The number of aromatic amines is 2. The first-order valence-corrected chi connectivity index (χ1v) is 7.41. The van der Waals surface area contributed by atoms with Crippen LogP contribution >= 0.6 is 0 Å². The molecule has 2 heterocycles. The number of nitrogens with one attached hydrogen (secondary N) is 2. The van der Waals surface area contributed by atoms with Crippen molar-refractivity contribution in [1.29, 1.82) is 0 Å². The minimum atomic E-state index is 0.914. The Kier molecular flexibility index (Phi) is 4.38. The van der Waals surface area contributed by atoms with Gasteiger partial charge in [-0.15, -0.1) is 0 Å². The summed E-state index contributed by atoms with van der Waals surface area (Å²) in [6.07, 6.45) is 3.61. The fraction of sp³-hybridized carbons (Fsp3) is 0.250. The van der Waals surface area contributed by atoms with Gasteiger partial charge in [0.1, 0.15) is 22.1 Å². The van der Waals surface area contributed by atoms with Gasteiger partial charge in [0, 0.05) is 0 Å². The Morgan fingerprint density at radius 1 is 0.773 bits per heavy atom. The summed E-state index contributed by atoms with van der Waals surface area (Å²) < 4.78 is 0. The van der Waals surface area contributed by atoms with Crippen molar-refractivity contribution in [3.8, 4) is 0 Å². The van der Waals surface area contributed by atoms with Crippen LogP contribution in [-0.4, -0.2) is 30.8 Å². The zero-order valence-electron chi connectivity index (χ0n) is 12.5. The van der Waals surface area contributed by atoms with Crippen LogP contribution in [0.4, 0.5) is 0 Å². The summed E-state index contributed by atoms with van der Waals surface area (Å²) in [5.41, 5.74) is 5.09. The fourth-order valence-corrected chi connectivity index (χ4v) is 2.21. The molecule has 22 heavy (non-hydrogen) atoms. The lowest BCUT2D eigenvalue weighted by atomic mass is 10.1. The molecule has 0 unspecified atom stereocenters. The molecule has 0 radical (unpaired) electrons. The summed E-state index contributed by atoms with van der Waals surface area (Å²) in [4.78, 5) is 0. The quantitative estimate of drug-likeness (QED) is 0.607. The Labute approximate surface area is 127 Å². The average molecular weight is 294 g/mol. The molecule has 4 rings (SSSR count). The van der Waals surface area contributed by atoms with Crippen LogP contribution in [0.2, 0.25) is 0 Å². The van der Waals surface area contributed by atoms with Gasteiger partial charge < -0.3 is 0 Å². The SMILES string of the molecule is CCCCc1ccc2n[nH]nc2c1.c1ccc2n[nH]nc2c1.